The third-order valence-electron chi connectivity index (χ3n) is 5.95. The number of nitrogens with zero attached hydrogens (tertiary/aromatic N) is 3. The Bertz CT molecular complexity index is 1430. The van der Waals surface area contributed by atoms with Crippen LogP contribution in [0.15, 0.2) is 36.7 Å². The van der Waals surface area contributed by atoms with E-state index < -0.39 is 31.8 Å². The number of rotatable bonds is 9. The third-order valence-corrected chi connectivity index (χ3v) is 7.48. The zero-order valence-electron chi connectivity index (χ0n) is 22.5. The Morgan fingerprint density at radius 3 is 2.62 bits per heavy atom. The number of likely N-dealkylation sites (tertiary alicyclic amines) is 1. The number of ether oxygens (including phenoxy) is 2. The molecule has 1 fully saturated rings. The van der Waals surface area contributed by atoms with Crippen molar-refractivity contribution in [1.82, 2.24) is 14.9 Å². The van der Waals surface area contributed by atoms with E-state index in [9.17, 15) is 18.6 Å². The summed E-state index contributed by atoms with van der Waals surface area (Å²) in [5, 5.41) is 3.53. The van der Waals surface area contributed by atoms with Crippen LogP contribution >= 0.6 is 19.4 Å². The summed E-state index contributed by atoms with van der Waals surface area (Å²) >= 11 is 5.92. The molecule has 2 aromatic carbocycles. The lowest BCUT2D eigenvalue weighted by Gasteiger charge is -2.32. The van der Waals surface area contributed by atoms with E-state index in [0.29, 0.717) is 54.2 Å². The first-order valence-corrected chi connectivity index (χ1v) is 14.4. The fraction of sp³-hybridized carbons (Fsp3) is 0.423. The molecule has 0 bridgehead atoms. The molecule has 1 aliphatic rings. The number of halogens is 2. The molecule has 216 valence electrons. The first kappa shape index (κ1) is 30.0. The zero-order valence-corrected chi connectivity index (χ0v) is 24.2. The summed E-state index contributed by atoms with van der Waals surface area (Å²) in [6.45, 7) is 4.99. The van der Waals surface area contributed by atoms with Gasteiger partial charge in [0.1, 0.15) is 24.9 Å². The number of carbonyl (C=O) groups is 1. The van der Waals surface area contributed by atoms with Gasteiger partial charge in [-0.25, -0.2) is 18.9 Å². The first-order chi connectivity index (χ1) is 18.8. The van der Waals surface area contributed by atoms with Crippen LogP contribution in [-0.2, 0) is 18.4 Å². The van der Waals surface area contributed by atoms with Crippen LogP contribution in [-0.4, -0.2) is 64.2 Å². The maximum atomic E-state index is 14.5. The average molecular weight is 597 g/mol. The summed E-state index contributed by atoms with van der Waals surface area (Å²) < 4.78 is 48.2. The molecule has 40 heavy (non-hydrogen) atoms. The molecule has 1 aliphatic heterocycles. The number of phosphoric ester groups is 1. The molecule has 14 heteroatoms. The van der Waals surface area contributed by atoms with Crippen LogP contribution in [0.25, 0.3) is 10.9 Å². The summed E-state index contributed by atoms with van der Waals surface area (Å²) in [5.74, 6) is 0.227. The van der Waals surface area contributed by atoms with E-state index >= 15 is 0 Å². The highest BCUT2D eigenvalue weighted by molar-refractivity contribution is 7.47. The molecular formula is C26H31ClFN4O7P. The summed E-state index contributed by atoms with van der Waals surface area (Å²) in [7, 11) is -2.85. The van der Waals surface area contributed by atoms with Crippen LogP contribution in [0.3, 0.4) is 0 Å². The second-order valence-electron chi connectivity index (χ2n) is 10.1. The van der Waals surface area contributed by atoms with Crippen molar-refractivity contribution < 1.29 is 37.2 Å². The van der Waals surface area contributed by atoms with Crippen molar-refractivity contribution >= 4 is 47.7 Å². The zero-order chi connectivity index (χ0) is 29.1. The number of hydrogen-bond donors (Lipinski definition) is 2. The predicted octanol–water partition coefficient (Wildman–Crippen LogP) is 5.48. The third kappa shape index (κ3) is 7.58. The molecule has 0 radical (unpaired) electrons. The predicted molar refractivity (Wildman–Crippen MR) is 148 cm³/mol. The molecule has 11 nitrogen and oxygen atoms in total. The van der Waals surface area contributed by atoms with Crippen molar-refractivity contribution in [2.75, 3.05) is 32.1 Å². The minimum Gasteiger partial charge on any atom is -0.493 e. The molecule has 4 rings (SSSR count). The summed E-state index contributed by atoms with van der Waals surface area (Å²) in [4.78, 5) is 32.5. The lowest BCUT2D eigenvalue weighted by atomic mass is 10.1. The summed E-state index contributed by atoms with van der Waals surface area (Å²) in [5.41, 5.74) is -0.184. The van der Waals surface area contributed by atoms with E-state index in [1.807, 2.05) is 0 Å². The van der Waals surface area contributed by atoms with E-state index in [4.69, 9.17) is 30.1 Å². The smallest absolute Gasteiger partial charge is 0.473 e. The Kier molecular flexibility index (Phi) is 9.16. The molecule has 0 spiro atoms. The maximum absolute atomic E-state index is 14.5. The Balaban J connectivity index is 1.43. The van der Waals surface area contributed by atoms with Gasteiger partial charge in [-0.1, -0.05) is 17.7 Å². The van der Waals surface area contributed by atoms with Crippen LogP contribution in [0.5, 0.6) is 11.5 Å². The summed E-state index contributed by atoms with van der Waals surface area (Å²) in [6, 6.07) is 8.05. The van der Waals surface area contributed by atoms with Gasteiger partial charge < -0.3 is 24.6 Å². The SMILES string of the molecule is COc1cc2ncnc(Nc3cccc(Cl)c3F)c2cc1OC1CCN(C(=O)COP(=O)(O)OC(C)(C)C)CC1. The lowest BCUT2D eigenvalue weighted by Crippen LogP contribution is -2.43. The number of phosphoric acid groups is 1. The Morgan fingerprint density at radius 2 is 1.95 bits per heavy atom. The van der Waals surface area contributed by atoms with Crippen LogP contribution < -0.4 is 14.8 Å². The number of amides is 1. The topological polar surface area (TPSA) is 132 Å². The van der Waals surface area contributed by atoms with Crippen molar-refractivity contribution in [3.63, 3.8) is 0 Å². The molecule has 1 unspecified atom stereocenters. The molecule has 2 N–H and O–H groups in total. The van der Waals surface area contributed by atoms with Crippen molar-refractivity contribution in [3.8, 4) is 11.5 Å². The quantitative estimate of drug-likeness (QED) is 0.306. The van der Waals surface area contributed by atoms with Gasteiger partial charge in [-0.3, -0.25) is 13.8 Å². The fourth-order valence-corrected chi connectivity index (χ4v) is 5.34. The van der Waals surface area contributed by atoms with Gasteiger partial charge in [0.25, 0.3) is 0 Å². The van der Waals surface area contributed by atoms with Crippen LogP contribution in [0.1, 0.15) is 33.6 Å². The molecule has 1 saturated heterocycles. The van der Waals surface area contributed by atoms with Gasteiger partial charge in [-0.2, -0.15) is 0 Å². The number of hydrogen-bond acceptors (Lipinski definition) is 9. The van der Waals surface area contributed by atoms with Gasteiger partial charge in [-0.05, 0) is 39.0 Å². The van der Waals surface area contributed by atoms with Crippen LogP contribution in [0.2, 0.25) is 5.02 Å². The molecule has 0 aliphatic carbocycles. The Hall–Kier alpha value is -3.02. The second kappa shape index (κ2) is 12.2. The largest absolute Gasteiger partial charge is 0.493 e. The lowest BCUT2D eigenvalue weighted by molar-refractivity contribution is -0.136. The van der Waals surface area contributed by atoms with Crippen molar-refractivity contribution in [3.05, 3.63) is 47.5 Å². The standard InChI is InChI=1S/C26H31ClFN4O7P/c1-26(2,3)39-40(34,35)37-14-23(33)32-10-8-16(9-11-32)38-22-12-17-20(13-21(22)36-4)29-15-30-25(17)31-19-7-5-6-18(27)24(19)28/h5-7,12-13,15-16H,8-11,14H2,1-4H3,(H,34,35)(H,29,30,31). The number of benzene rings is 2. The minimum absolute atomic E-state index is 0.0194. The van der Waals surface area contributed by atoms with E-state index in [1.54, 1.807) is 49.9 Å². The fourth-order valence-electron chi connectivity index (χ4n) is 4.15. The molecule has 3 aromatic rings. The highest BCUT2D eigenvalue weighted by atomic mass is 35.5. The number of carbonyl (C=O) groups excluding carboxylic acids is 1. The number of anilines is 2. The minimum atomic E-state index is -4.37. The molecule has 0 saturated carbocycles. The average Bonchev–Trinajstić information content (AvgIpc) is 2.89. The maximum Gasteiger partial charge on any atom is 0.473 e. The van der Waals surface area contributed by atoms with E-state index in [2.05, 4.69) is 15.3 Å². The van der Waals surface area contributed by atoms with Crippen LogP contribution in [0.4, 0.5) is 15.9 Å². The second-order valence-corrected chi connectivity index (χ2v) is 11.9. The molecule has 2 heterocycles. The molecule has 1 amide bonds. The normalized spacial score (nSPS) is 16.0. The highest BCUT2D eigenvalue weighted by Gasteiger charge is 2.31. The molecule has 1 aromatic heterocycles. The Morgan fingerprint density at radius 1 is 1.23 bits per heavy atom. The van der Waals surface area contributed by atoms with Crippen molar-refractivity contribution in [1.29, 1.82) is 0 Å². The first-order valence-electron chi connectivity index (χ1n) is 12.5. The highest BCUT2D eigenvalue weighted by Crippen LogP contribution is 2.47. The van der Waals surface area contributed by atoms with Crippen molar-refractivity contribution in [2.45, 2.75) is 45.3 Å². The van der Waals surface area contributed by atoms with Gasteiger partial charge in [-0.15, -0.1) is 0 Å². The molecular weight excluding hydrogens is 566 g/mol. The Labute approximate surface area is 236 Å². The van der Waals surface area contributed by atoms with Gasteiger partial charge in [0.15, 0.2) is 17.3 Å². The van der Waals surface area contributed by atoms with E-state index in [0.717, 1.165) is 0 Å². The van der Waals surface area contributed by atoms with Crippen LogP contribution in [0, 0.1) is 5.82 Å². The number of methoxy groups -OCH3 is 1. The van der Waals surface area contributed by atoms with Gasteiger partial charge in [0.2, 0.25) is 5.91 Å². The number of nitrogens with one attached hydrogen (secondary N) is 1. The van der Waals surface area contributed by atoms with Gasteiger partial charge >= 0.3 is 7.82 Å². The van der Waals surface area contributed by atoms with E-state index in [1.165, 1.54) is 19.5 Å². The van der Waals surface area contributed by atoms with Crippen molar-refractivity contribution in [2.24, 2.45) is 0 Å². The van der Waals surface area contributed by atoms with Gasteiger partial charge in [0.05, 0.1) is 28.9 Å². The number of fused-ring (bicyclic) bond motifs is 1. The van der Waals surface area contributed by atoms with E-state index in [-0.39, 0.29) is 16.8 Å². The number of piperidine rings is 1. The monoisotopic (exact) mass is 596 g/mol. The number of aromatic nitrogens is 2. The molecule has 1 atom stereocenters. The van der Waals surface area contributed by atoms with Gasteiger partial charge in [0, 0.05) is 37.4 Å². The summed E-state index contributed by atoms with van der Waals surface area (Å²) in [6.07, 6.45) is 2.13.